The van der Waals surface area contributed by atoms with Gasteiger partial charge >= 0.3 is 5.97 Å². The van der Waals surface area contributed by atoms with Gasteiger partial charge in [0.1, 0.15) is 4.83 Å². The summed E-state index contributed by atoms with van der Waals surface area (Å²) in [5.74, 6) is -0.344. The maximum Gasteiger partial charge on any atom is 0.319 e. The van der Waals surface area contributed by atoms with Gasteiger partial charge in [-0.3, -0.25) is 4.79 Å². The summed E-state index contributed by atoms with van der Waals surface area (Å²) in [6.45, 7) is 0. The number of hydrogen-bond donors (Lipinski definition) is 0. The number of halogens is 2. The van der Waals surface area contributed by atoms with Gasteiger partial charge in [0, 0.05) is 4.47 Å². The lowest BCUT2D eigenvalue weighted by molar-refractivity contribution is -0.139. The SMILES string of the molecule is COC(=O)C(Br)Cc1cc(Br)ccc1C#N. The van der Waals surface area contributed by atoms with E-state index in [1.807, 2.05) is 6.07 Å². The summed E-state index contributed by atoms with van der Waals surface area (Å²) in [6.07, 6.45) is 0.426. The Balaban J connectivity index is 2.92. The first kappa shape index (κ1) is 13.2. The Hall–Kier alpha value is -0.860. The van der Waals surface area contributed by atoms with Crippen molar-refractivity contribution in [3.63, 3.8) is 0 Å². The Kier molecular flexibility index (Phi) is 4.97. The second-order valence-electron chi connectivity index (χ2n) is 3.11. The van der Waals surface area contributed by atoms with Gasteiger partial charge in [-0.1, -0.05) is 31.9 Å². The molecule has 0 amide bonds. The molecule has 0 aliphatic rings. The molecule has 1 aromatic carbocycles. The second-order valence-corrected chi connectivity index (χ2v) is 5.13. The Morgan fingerprint density at radius 2 is 2.31 bits per heavy atom. The summed E-state index contributed by atoms with van der Waals surface area (Å²) < 4.78 is 5.49. The summed E-state index contributed by atoms with van der Waals surface area (Å²) in [4.78, 5) is 10.8. The molecule has 0 saturated heterocycles. The first-order valence-electron chi connectivity index (χ1n) is 4.49. The van der Waals surface area contributed by atoms with Crippen LogP contribution < -0.4 is 0 Å². The molecule has 0 aliphatic heterocycles. The van der Waals surface area contributed by atoms with Crippen molar-refractivity contribution in [2.45, 2.75) is 11.2 Å². The molecule has 0 saturated carbocycles. The minimum atomic E-state index is -0.432. The van der Waals surface area contributed by atoms with Crippen LogP contribution in [0.4, 0.5) is 0 Å². The topological polar surface area (TPSA) is 50.1 Å². The fourth-order valence-electron chi connectivity index (χ4n) is 1.24. The lowest BCUT2D eigenvalue weighted by Crippen LogP contribution is -2.18. The van der Waals surface area contributed by atoms with Crippen molar-refractivity contribution in [2.24, 2.45) is 0 Å². The van der Waals surface area contributed by atoms with Gasteiger partial charge in [-0.05, 0) is 30.2 Å². The zero-order valence-corrected chi connectivity index (χ0v) is 11.7. The van der Waals surface area contributed by atoms with Gasteiger partial charge in [0.2, 0.25) is 0 Å². The average molecular weight is 347 g/mol. The van der Waals surface area contributed by atoms with E-state index < -0.39 is 4.83 Å². The minimum absolute atomic E-state index is 0.344. The molecule has 0 aromatic heterocycles. The molecule has 0 N–H and O–H groups in total. The lowest BCUT2D eigenvalue weighted by atomic mass is 10.0. The molecule has 0 heterocycles. The number of nitrogens with zero attached hydrogens (tertiary/aromatic N) is 1. The average Bonchev–Trinajstić information content (AvgIpc) is 2.28. The highest BCUT2D eigenvalue weighted by Gasteiger charge is 2.17. The number of carbonyl (C=O) groups is 1. The molecular weight excluding hydrogens is 338 g/mol. The van der Waals surface area contributed by atoms with E-state index in [1.165, 1.54) is 7.11 Å². The number of hydrogen-bond acceptors (Lipinski definition) is 3. The summed E-state index contributed by atoms with van der Waals surface area (Å²) in [5, 5.41) is 8.92. The van der Waals surface area contributed by atoms with Crippen molar-refractivity contribution in [2.75, 3.05) is 7.11 Å². The molecule has 0 spiro atoms. The molecule has 0 fully saturated rings. The molecule has 1 aromatic rings. The number of rotatable bonds is 3. The Bertz CT molecular complexity index is 440. The summed E-state index contributed by atoms with van der Waals surface area (Å²) in [7, 11) is 1.34. The van der Waals surface area contributed by atoms with Crippen LogP contribution in [0.15, 0.2) is 22.7 Å². The number of benzene rings is 1. The van der Waals surface area contributed by atoms with Crippen LogP contribution in [0.2, 0.25) is 0 Å². The molecule has 0 bridgehead atoms. The standard InChI is InChI=1S/C11H9Br2NO2/c1-16-11(15)10(13)5-8-4-9(12)3-2-7(8)6-14/h2-4,10H,5H2,1H3. The first-order valence-corrected chi connectivity index (χ1v) is 6.19. The van der Waals surface area contributed by atoms with E-state index >= 15 is 0 Å². The largest absolute Gasteiger partial charge is 0.468 e. The van der Waals surface area contributed by atoms with Gasteiger partial charge in [-0.15, -0.1) is 0 Å². The smallest absolute Gasteiger partial charge is 0.319 e. The molecular formula is C11H9Br2NO2. The maximum atomic E-state index is 11.2. The van der Waals surface area contributed by atoms with Gasteiger partial charge < -0.3 is 4.74 Å². The normalized spacial score (nSPS) is 11.6. The van der Waals surface area contributed by atoms with E-state index in [2.05, 4.69) is 42.7 Å². The molecule has 16 heavy (non-hydrogen) atoms. The molecule has 3 nitrogen and oxygen atoms in total. The molecule has 1 unspecified atom stereocenters. The van der Waals surface area contributed by atoms with Crippen molar-refractivity contribution in [1.29, 1.82) is 5.26 Å². The fourth-order valence-corrected chi connectivity index (χ4v) is 2.19. The number of methoxy groups -OCH3 is 1. The second kappa shape index (κ2) is 6.02. The number of nitriles is 1. The van der Waals surface area contributed by atoms with Gasteiger partial charge in [-0.25, -0.2) is 0 Å². The van der Waals surface area contributed by atoms with Gasteiger partial charge in [0.25, 0.3) is 0 Å². The molecule has 1 atom stereocenters. The van der Waals surface area contributed by atoms with Crippen LogP contribution in [0.3, 0.4) is 0 Å². The van der Waals surface area contributed by atoms with Crippen molar-refractivity contribution in [3.05, 3.63) is 33.8 Å². The third-order valence-corrected chi connectivity index (χ3v) is 3.23. The molecule has 0 aliphatic carbocycles. The van der Waals surface area contributed by atoms with Gasteiger partial charge in [0.05, 0.1) is 18.7 Å². The van der Waals surface area contributed by atoms with Gasteiger partial charge in [-0.2, -0.15) is 5.26 Å². The van der Waals surface area contributed by atoms with Crippen LogP contribution in [0.25, 0.3) is 0 Å². The molecule has 0 radical (unpaired) electrons. The highest BCUT2D eigenvalue weighted by Crippen LogP contribution is 2.20. The number of esters is 1. The quantitative estimate of drug-likeness (QED) is 0.624. The predicted octanol–water partition coefficient (Wildman–Crippen LogP) is 2.80. The van der Waals surface area contributed by atoms with E-state index in [4.69, 9.17) is 5.26 Å². The maximum absolute atomic E-state index is 11.2. The Morgan fingerprint density at radius 1 is 1.62 bits per heavy atom. The summed E-state index contributed by atoms with van der Waals surface area (Å²) in [6, 6.07) is 7.43. The third kappa shape index (κ3) is 3.32. The van der Waals surface area contributed by atoms with Crippen molar-refractivity contribution < 1.29 is 9.53 Å². The predicted molar refractivity (Wildman–Crippen MR) is 67.3 cm³/mol. The molecule has 5 heteroatoms. The van der Waals surface area contributed by atoms with E-state index in [0.29, 0.717) is 12.0 Å². The summed E-state index contributed by atoms with van der Waals surface area (Å²) >= 11 is 6.56. The zero-order chi connectivity index (χ0) is 12.1. The van der Waals surface area contributed by atoms with Crippen LogP contribution in [-0.4, -0.2) is 17.9 Å². The van der Waals surface area contributed by atoms with Crippen molar-refractivity contribution in [3.8, 4) is 6.07 Å². The van der Waals surface area contributed by atoms with Crippen LogP contribution in [0, 0.1) is 11.3 Å². The van der Waals surface area contributed by atoms with Gasteiger partial charge in [0.15, 0.2) is 0 Å². The zero-order valence-electron chi connectivity index (χ0n) is 8.54. The third-order valence-electron chi connectivity index (χ3n) is 2.04. The highest BCUT2D eigenvalue weighted by molar-refractivity contribution is 9.10. The van der Waals surface area contributed by atoms with E-state index in [0.717, 1.165) is 10.0 Å². The van der Waals surface area contributed by atoms with Crippen LogP contribution in [0.5, 0.6) is 0 Å². The number of carbonyl (C=O) groups excluding carboxylic acids is 1. The Labute approximate surface area is 111 Å². The first-order chi connectivity index (χ1) is 7.58. The molecule has 1 rings (SSSR count). The summed E-state index contributed by atoms with van der Waals surface area (Å²) in [5.41, 5.74) is 1.38. The Morgan fingerprint density at radius 3 is 2.88 bits per heavy atom. The number of ether oxygens (including phenoxy) is 1. The van der Waals surface area contributed by atoms with Crippen LogP contribution in [0.1, 0.15) is 11.1 Å². The van der Waals surface area contributed by atoms with Crippen molar-refractivity contribution >= 4 is 37.8 Å². The van der Waals surface area contributed by atoms with E-state index in [9.17, 15) is 4.79 Å². The number of alkyl halides is 1. The van der Waals surface area contributed by atoms with E-state index in [1.54, 1.807) is 12.1 Å². The minimum Gasteiger partial charge on any atom is -0.468 e. The lowest BCUT2D eigenvalue weighted by Gasteiger charge is -2.09. The highest BCUT2D eigenvalue weighted by atomic mass is 79.9. The van der Waals surface area contributed by atoms with Crippen LogP contribution >= 0.6 is 31.9 Å². The fraction of sp³-hybridized carbons (Fsp3) is 0.273. The van der Waals surface area contributed by atoms with Crippen molar-refractivity contribution in [1.82, 2.24) is 0 Å². The van der Waals surface area contributed by atoms with Crippen LogP contribution in [-0.2, 0) is 16.0 Å². The van der Waals surface area contributed by atoms with E-state index in [-0.39, 0.29) is 5.97 Å². The monoisotopic (exact) mass is 345 g/mol. The molecule has 84 valence electrons.